The van der Waals surface area contributed by atoms with Crippen LogP contribution in [0.5, 0.6) is 5.75 Å². The maximum absolute atomic E-state index is 13.4. The predicted octanol–water partition coefficient (Wildman–Crippen LogP) is 4.42. The van der Waals surface area contributed by atoms with Crippen LogP contribution in [0.1, 0.15) is 116 Å². The SMILES string of the molecule is COc1ccc(C(=O)O[C@@H]2C(O)[C@H](O)CO[C@H]2OC2[C@@H](OC(C)=O)[C@H](O[C@H]3C[C@H]4[C@@H]5CC[C@H]6C[C@@H](O)CC[C@]6(C)[C@H]5CC[C@]4(C)[C@H]3[C@H](C)CCC[C@@H](C)CNCCS(C)(=O)=O)OC[C@@H]2O)cc1. The first-order valence-corrected chi connectivity index (χ1v) is 27.0. The molecule has 0 spiro atoms. The Bertz CT molecular complexity index is 1920. The summed E-state index contributed by atoms with van der Waals surface area (Å²) in [4.78, 5) is 26.3. The molecule has 19 atom stereocenters. The molecule has 1 aromatic carbocycles. The minimum atomic E-state index is -3.03. The number of nitrogens with one attached hydrogen (secondary N) is 1. The largest absolute Gasteiger partial charge is 0.497 e. The Kier molecular flexibility index (Phi) is 17.1. The minimum absolute atomic E-state index is 0.0592. The predicted molar refractivity (Wildman–Crippen MR) is 246 cm³/mol. The Morgan fingerprint density at radius 1 is 0.836 bits per heavy atom. The number of aliphatic hydroxyl groups excluding tert-OH is 4. The fourth-order valence-electron chi connectivity index (χ4n) is 13.7. The van der Waals surface area contributed by atoms with Gasteiger partial charge in [-0.3, -0.25) is 4.79 Å². The van der Waals surface area contributed by atoms with E-state index in [1.165, 1.54) is 32.4 Å². The van der Waals surface area contributed by atoms with Gasteiger partial charge >= 0.3 is 11.9 Å². The van der Waals surface area contributed by atoms with E-state index in [2.05, 4.69) is 33.0 Å². The van der Waals surface area contributed by atoms with E-state index >= 15 is 0 Å². The molecule has 380 valence electrons. The average molecular weight is 966 g/mol. The lowest BCUT2D eigenvalue weighted by molar-refractivity contribution is -0.340. The third-order valence-corrected chi connectivity index (χ3v) is 18.1. The lowest BCUT2D eigenvalue weighted by atomic mass is 9.44. The van der Waals surface area contributed by atoms with E-state index in [4.69, 9.17) is 33.2 Å². The fraction of sp³-hybridized carbons (Fsp3) is 0.840. The van der Waals surface area contributed by atoms with Gasteiger partial charge in [-0.25, -0.2) is 13.2 Å². The van der Waals surface area contributed by atoms with Crippen molar-refractivity contribution < 1.29 is 71.6 Å². The summed E-state index contributed by atoms with van der Waals surface area (Å²) in [5.41, 5.74) is 0.267. The second-order valence-electron chi connectivity index (χ2n) is 21.7. The van der Waals surface area contributed by atoms with Gasteiger partial charge in [0.25, 0.3) is 0 Å². The summed E-state index contributed by atoms with van der Waals surface area (Å²) >= 11 is 0. The molecule has 2 aliphatic heterocycles. The number of carbonyl (C=O) groups excluding carboxylic acids is 2. The van der Waals surface area contributed by atoms with Crippen LogP contribution in [0.3, 0.4) is 0 Å². The summed E-state index contributed by atoms with van der Waals surface area (Å²) in [6, 6.07) is 6.16. The third kappa shape index (κ3) is 11.8. The maximum atomic E-state index is 13.4. The number of esters is 2. The molecule has 4 saturated carbocycles. The topological polar surface area (TPSA) is 226 Å². The van der Waals surface area contributed by atoms with E-state index in [9.17, 15) is 38.4 Å². The molecule has 0 amide bonds. The van der Waals surface area contributed by atoms with Crippen molar-refractivity contribution in [1.82, 2.24) is 5.32 Å². The molecular formula is C50H79NO15S. The third-order valence-electron chi connectivity index (χ3n) is 17.1. The van der Waals surface area contributed by atoms with E-state index < -0.39 is 71.0 Å². The summed E-state index contributed by atoms with van der Waals surface area (Å²) in [6.45, 7) is 11.3. The molecule has 2 unspecified atom stereocenters. The number of aliphatic hydroxyl groups is 4. The van der Waals surface area contributed by atoms with Gasteiger partial charge in [0, 0.05) is 19.7 Å². The quantitative estimate of drug-likeness (QED) is 0.101. The van der Waals surface area contributed by atoms with Gasteiger partial charge in [0.2, 0.25) is 0 Å². The van der Waals surface area contributed by atoms with Crippen LogP contribution >= 0.6 is 0 Å². The van der Waals surface area contributed by atoms with Crippen molar-refractivity contribution >= 4 is 21.8 Å². The molecule has 2 heterocycles. The number of rotatable bonds is 18. The van der Waals surface area contributed by atoms with Gasteiger partial charge in [0.1, 0.15) is 40.0 Å². The second-order valence-corrected chi connectivity index (χ2v) is 24.0. The summed E-state index contributed by atoms with van der Waals surface area (Å²) < 4.78 is 65.8. The molecule has 4 aliphatic carbocycles. The Hall–Kier alpha value is -2.45. The number of hydrogen-bond acceptors (Lipinski definition) is 16. The number of fused-ring (bicyclic) bond motifs is 5. The van der Waals surface area contributed by atoms with Gasteiger partial charge in [-0.1, -0.05) is 40.5 Å². The van der Waals surface area contributed by atoms with Crippen molar-refractivity contribution in [2.75, 3.05) is 45.4 Å². The normalized spacial score (nSPS) is 40.7. The number of hydrogen-bond donors (Lipinski definition) is 5. The molecule has 6 aliphatic rings. The van der Waals surface area contributed by atoms with E-state index in [1.54, 1.807) is 12.1 Å². The second kappa shape index (κ2) is 21.9. The van der Waals surface area contributed by atoms with Gasteiger partial charge in [-0.05, 0) is 141 Å². The van der Waals surface area contributed by atoms with Crippen LogP contribution in [-0.2, 0) is 43.1 Å². The van der Waals surface area contributed by atoms with Crippen molar-refractivity contribution in [2.45, 2.75) is 167 Å². The van der Waals surface area contributed by atoms with Gasteiger partial charge in [-0.2, -0.15) is 0 Å². The highest BCUT2D eigenvalue weighted by atomic mass is 32.2. The standard InChI is InChI=1S/C50H79NO15S/c1-28(25-51-21-22-67(7,58)59)9-8-10-29(2)41-40(24-37-35-16-13-32-23-33(53)17-19-49(32,4)36(35)18-20-50(37,41)5)64-48-45(63-30(3)52)43(39(55)27-62-48)66-47-44(42(56)38(54)26-61-47)65-46(57)31-11-14-34(60-6)15-12-31/h11-12,14-15,28-29,32-33,35-45,47-48,51,53-56H,8-10,13,16-27H2,1-7H3/t28-,29-,32+,33+,35-,36+,37+,38-,39+,40+,41+,42?,43?,44-,45-,47+,48+,49+,50+/m1/s1. The number of methoxy groups -OCH3 is 1. The molecular weight excluding hydrogens is 887 g/mol. The summed E-state index contributed by atoms with van der Waals surface area (Å²) in [5.74, 6) is 1.80. The van der Waals surface area contributed by atoms with Crippen molar-refractivity contribution in [2.24, 2.45) is 52.3 Å². The molecule has 1 aromatic rings. The van der Waals surface area contributed by atoms with Crippen LogP contribution in [0, 0.1) is 52.3 Å². The zero-order valence-electron chi connectivity index (χ0n) is 40.6. The Labute approximate surface area is 397 Å². The van der Waals surface area contributed by atoms with Gasteiger partial charge in [0.05, 0.1) is 43.8 Å². The van der Waals surface area contributed by atoms with Crippen LogP contribution in [0.2, 0.25) is 0 Å². The molecule has 67 heavy (non-hydrogen) atoms. The molecule has 16 nitrogen and oxygen atoms in total. The highest BCUT2D eigenvalue weighted by molar-refractivity contribution is 7.90. The fourth-order valence-corrected chi connectivity index (χ4v) is 14.2. The molecule has 17 heteroatoms. The molecule has 2 saturated heterocycles. The van der Waals surface area contributed by atoms with E-state index in [0.717, 1.165) is 77.2 Å². The van der Waals surface area contributed by atoms with E-state index in [-0.39, 0.29) is 59.4 Å². The van der Waals surface area contributed by atoms with E-state index in [1.807, 2.05) is 0 Å². The minimum Gasteiger partial charge on any atom is -0.497 e. The van der Waals surface area contributed by atoms with Crippen LogP contribution < -0.4 is 10.1 Å². The van der Waals surface area contributed by atoms with Crippen LogP contribution in [0.25, 0.3) is 0 Å². The first kappa shape index (κ1) is 52.4. The molecule has 5 N–H and O–H groups in total. The molecule has 7 rings (SSSR count). The lowest BCUT2D eigenvalue weighted by Gasteiger charge is -2.61. The Balaban J connectivity index is 1.11. The molecule has 0 aromatic heterocycles. The number of ether oxygens (including phenoxy) is 7. The van der Waals surface area contributed by atoms with Gasteiger partial charge in [-0.15, -0.1) is 0 Å². The van der Waals surface area contributed by atoms with Crippen molar-refractivity contribution in [3.05, 3.63) is 29.8 Å². The lowest BCUT2D eigenvalue weighted by Crippen LogP contribution is -2.62. The summed E-state index contributed by atoms with van der Waals surface area (Å²) in [7, 11) is -1.53. The first-order chi connectivity index (χ1) is 31.7. The van der Waals surface area contributed by atoms with Gasteiger partial charge in [0.15, 0.2) is 24.8 Å². The maximum Gasteiger partial charge on any atom is 0.338 e. The van der Waals surface area contributed by atoms with Gasteiger partial charge < -0.3 is 58.9 Å². The molecule has 6 fully saturated rings. The van der Waals surface area contributed by atoms with E-state index in [0.29, 0.717) is 41.9 Å². The van der Waals surface area contributed by atoms with Crippen LogP contribution in [0.4, 0.5) is 0 Å². The summed E-state index contributed by atoms with van der Waals surface area (Å²) in [5, 5.41) is 47.3. The van der Waals surface area contributed by atoms with Crippen molar-refractivity contribution in [3.8, 4) is 5.75 Å². The number of benzene rings is 1. The Morgan fingerprint density at radius 2 is 1.52 bits per heavy atom. The van der Waals surface area contributed by atoms with Crippen LogP contribution in [-0.4, -0.2) is 148 Å². The molecule has 0 radical (unpaired) electrons. The first-order valence-electron chi connectivity index (χ1n) is 24.9. The molecule has 0 bridgehead atoms. The Morgan fingerprint density at radius 3 is 2.21 bits per heavy atom. The number of carbonyl (C=O) groups is 2. The smallest absolute Gasteiger partial charge is 0.338 e. The zero-order valence-corrected chi connectivity index (χ0v) is 41.4. The van der Waals surface area contributed by atoms with Crippen LogP contribution in [0.15, 0.2) is 24.3 Å². The van der Waals surface area contributed by atoms with Crippen molar-refractivity contribution in [1.29, 1.82) is 0 Å². The average Bonchev–Trinajstić information content (AvgIpc) is 3.58. The van der Waals surface area contributed by atoms with Crippen molar-refractivity contribution in [3.63, 3.8) is 0 Å². The monoisotopic (exact) mass is 966 g/mol. The number of sulfone groups is 1. The zero-order chi connectivity index (χ0) is 48.4. The highest BCUT2D eigenvalue weighted by Gasteiger charge is 2.64. The highest BCUT2D eigenvalue weighted by Crippen LogP contribution is 2.69. The summed E-state index contributed by atoms with van der Waals surface area (Å²) in [6.07, 6.45) is 0.469.